The third-order valence-corrected chi connectivity index (χ3v) is 6.03. The number of ether oxygens (including phenoxy) is 2. The van der Waals surface area contributed by atoms with Gasteiger partial charge in [0, 0.05) is 23.7 Å². The molecule has 2 heterocycles. The first-order valence-corrected chi connectivity index (χ1v) is 10.9. The highest BCUT2D eigenvalue weighted by atomic mass is 35.5. The van der Waals surface area contributed by atoms with Gasteiger partial charge < -0.3 is 15.2 Å². The third-order valence-electron chi connectivity index (χ3n) is 4.83. The van der Waals surface area contributed by atoms with E-state index in [1.54, 1.807) is 12.4 Å². The highest BCUT2D eigenvalue weighted by molar-refractivity contribution is 7.98. The van der Waals surface area contributed by atoms with Crippen molar-refractivity contribution in [2.45, 2.75) is 57.0 Å². The van der Waals surface area contributed by atoms with E-state index in [-0.39, 0.29) is 12.7 Å². The van der Waals surface area contributed by atoms with Gasteiger partial charge in [0.25, 0.3) is 0 Å². The predicted octanol–water partition coefficient (Wildman–Crippen LogP) is 3.48. The van der Waals surface area contributed by atoms with E-state index in [0.717, 1.165) is 41.6 Å². The number of hydrogen-bond donors (Lipinski definition) is 1. The van der Waals surface area contributed by atoms with Crippen LogP contribution in [0.5, 0.6) is 5.88 Å². The van der Waals surface area contributed by atoms with Gasteiger partial charge in [-0.15, -0.1) is 0 Å². The first kappa shape index (κ1) is 21.8. The smallest absolute Gasteiger partial charge is 0.326 e. The van der Waals surface area contributed by atoms with E-state index in [2.05, 4.69) is 15.0 Å². The maximum Gasteiger partial charge on any atom is 0.326 e. The molecule has 0 radical (unpaired) electrons. The Balaban J connectivity index is 1.68. The lowest BCUT2D eigenvalue weighted by Gasteiger charge is -2.15. The molecule has 1 aliphatic carbocycles. The number of aromatic nitrogens is 3. The Kier molecular flexibility index (Phi) is 7.32. The van der Waals surface area contributed by atoms with E-state index in [0.29, 0.717) is 21.8 Å². The van der Waals surface area contributed by atoms with Gasteiger partial charge in [0.15, 0.2) is 5.16 Å². The number of fused-ring (bicyclic) bond motifs is 1. The summed E-state index contributed by atoms with van der Waals surface area (Å²) < 4.78 is 10.8. The summed E-state index contributed by atoms with van der Waals surface area (Å²) in [5.41, 5.74) is 9.80. The fraction of sp³-hybridized carbons (Fsp3) is 0.500. The van der Waals surface area contributed by atoms with Crippen molar-refractivity contribution in [1.82, 2.24) is 15.0 Å². The summed E-state index contributed by atoms with van der Waals surface area (Å²) in [6.07, 6.45) is 6.16. The van der Waals surface area contributed by atoms with Crippen LogP contribution in [0.3, 0.4) is 0 Å². The van der Waals surface area contributed by atoms with Crippen LogP contribution in [0.2, 0.25) is 5.02 Å². The molecule has 156 valence electrons. The average molecular weight is 437 g/mol. The lowest BCUT2D eigenvalue weighted by molar-refractivity contribution is -0.153. The molecule has 2 aromatic heterocycles. The summed E-state index contributed by atoms with van der Waals surface area (Å²) in [5, 5.41) is 1.24. The number of nitrogens with zero attached hydrogens (tertiary/aromatic N) is 3. The van der Waals surface area contributed by atoms with Gasteiger partial charge in [-0.2, -0.15) is 4.98 Å². The first-order chi connectivity index (χ1) is 13.9. The van der Waals surface area contributed by atoms with Gasteiger partial charge in [-0.1, -0.05) is 37.2 Å². The van der Waals surface area contributed by atoms with Gasteiger partial charge >= 0.3 is 5.97 Å². The van der Waals surface area contributed by atoms with E-state index >= 15 is 0 Å². The molecule has 0 aromatic carbocycles. The molecule has 3 rings (SSSR count). The second-order valence-corrected chi connectivity index (χ2v) is 8.64. The SMILES string of the molecule is Cc1cncc(Cl)c1CSc1nc2c(c(OCOC(=O)[C@@H](N)C(C)C)n1)CCC2. The second-order valence-electron chi connectivity index (χ2n) is 7.29. The Morgan fingerprint density at radius 3 is 2.83 bits per heavy atom. The van der Waals surface area contributed by atoms with Crippen molar-refractivity contribution in [2.24, 2.45) is 11.7 Å². The van der Waals surface area contributed by atoms with Crippen molar-refractivity contribution in [2.75, 3.05) is 6.79 Å². The van der Waals surface area contributed by atoms with E-state index in [4.69, 9.17) is 26.8 Å². The zero-order valence-electron chi connectivity index (χ0n) is 16.8. The van der Waals surface area contributed by atoms with Crippen LogP contribution in [0.15, 0.2) is 17.6 Å². The zero-order valence-corrected chi connectivity index (χ0v) is 18.3. The molecule has 1 atom stereocenters. The number of esters is 1. The van der Waals surface area contributed by atoms with Crippen molar-refractivity contribution in [3.8, 4) is 5.88 Å². The summed E-state index contributed by atoms with van der Waals surface area (Å²) in [7, 11) is 0. The molecule has 0 spiro atoms. The van der Waals surface area contributed by atoms with Crippen LogP contribution in [-0.4, -0.2) is 33.8 Å². The summed E-state index contributed by atoms with van der Waals surface area (Å²) >= 11 is 7.76. The van der Waals surface area contributed by atoms with Crippen LogP contribution >= 0.6 is 23.4 Å². The van der Waals surface area contributed by atoms with Crippen LogP contribution in [0, 0.1) is 12.8 Å². The highest BCUT2D eigenvalue weighted by Gasteiger charge is 2.23. The van der Waals surface area contributed by atoms with E-state index in [1.807, 2.05) is 20.8 Å². The van der Waals surface area contributed by atoms with Gasteiger partial charge in [-0.3, -0.25) is 9.78 Å². The number of aryl methyl sites for hydroxylation is 2. The molecule has 0 amide bonds. The molecular formula is C20H25ClN4O3S. The molecule has 2 N–H and O–H groups in total. The number of pyridine rings is 1. The van der Waals surface area contributed by atoms with Crippen LogP contribution in [0.1, 0.15) is 42.7 Å². The lowest BCUT2D eigenvalue weighted by Crippen LogP contribution is -2.37. The largest absolute Gasteiger partial charge is 0.440 e. The van der Waals surface area contributed by atoms with E-state index < -0.39 is 12.0 Å². The lowest BCUT2D eigenvalue weighted by atomic mass is 10.1. The van der Waals surface area contributed by atoms with Gasteiger partial charge in [0.1, 0.15) is 6.04 Å². The molecule has 9 heteroatoms. The van der Waals surface area contributed by atoms with Crippen LogP contribution in [-0.2, 0) is 28.1 Å². The molecule has 29 heavy (non-hydrogen) atoms. The standard InChI is InChI=1S/C20H25ClN4O3S/c1-11(2)17(22)19(26)28-10-27-18-13-5-4-6-16(13)24-20(25-18)29-9-14-12(3)7-23-8-15(14)21/h7-8,11,17H,4-6,9-10,22H2,1-3H3/t17-/m0/s1. The number of nitrogens with two attached hydrogens (primary N) is 1. The normalized spacial score (nSPS) is 14.0. The van der Waals surface area contributed by atoms with Crippen LogP contribution in [0.4, 0.5) is 0 Å². The van der Waals surface area contributed by atoms with Crippen molar-refractivity contribution in [1.29, 1.82) is 0 Å². The van der Waals surface area contributed by atoms with Crippen molar-refractivity contribution in [3.63, 3.8) is 0 Å². The molecule has 0 aliphatic heterocycles. The van der Waals surface area contributed by atoms with E-state index in [9.17, 15) is 4.79 Å². The minimum absolute atomic E-state index is 0.00253. The highest BCUT2D eigenvalue weighted by Crippen LogP contribution is 2.32. The van der Waals surface area contributed by atoms with Gasteiger partial charge in [0.2, 0.25) is 12.7 Å². The second kappa shape index (κ2) is 9.73. The molecule has 2 aromatic rings. The summed E-state index contributed by atoms with van der Waals surface area (Å²) in [6, 6.07) is -0.672. The van der Waals surface area contributed by atoms with Crippen LogP contribution < -0.4 is 10.5 Å². The summed E-state index contributed by atoms with van der Waals surface area (Å²) in [5.74, 6) is 0.614. The molecule has 0 unspecified atom stereocenters. The molecular weight excluding hydrogens is 412 g/mol. The number of carbonyl (C=O) groups excluding carboxylic acids is 1. The molecule has 0 saturated carbocycles. The fourth-order valence-corrected chi connectivity index (χ4v) is 4.28. The number of rotatable bonds is 8. The zero-order chi connectivity index (χ0) is 21.0. The monoisotopic (exact) mass is 436 g/mol. The Labute approximate surface area is 179 Å². The third kappa shape index (κ3) is 5.38. The first-order valence-electron chi connectivity index (χ1n) is 9.53. The van der Waals surface area contributed by atoms with Gasteiger partial charge in [0.05, 0.1) is 10.7 Å². The topological polar surface area (TPSA) is 100 Å². The minimum Gasteiger partial charge on any atom is -0.440 e. The molecule has 0 bridgehead atoms. The Morgan fingerprint density at radius 2 is 2.10 bits per heavy atom. The molecule has 0 saturated heterocycles. The van der Waals surface area contributed by atoms with Crippen LogP contribution in [0.25, 0.3) is 0 Å². The molecule has 1 aliphatic rings. The van der Waals surface area contributed by atoms with Crippen molar-refractivity contribution >= 4 is 29.3 Å². The maximum absolute atomic E-state index is 11.9. The van der Waals surface area contributed by atoms with Crippen molar-refractivity contribution in [3.05, 3.63) is 39.8 Å². The average Bonchev–Trinajstić information content (AvgIpc) is 3.15. The van der Waals surface area contributed by atoms with E-state index in [1.165, 1.54) is 11.8 Å². The predicted molar refractivity (Wildman–Crippen MR) is 112 cm³/mol. The number of thioether (sulfide) groups is 1. The number of halogens is 1. The van der Waals surface area contributed by atoms with Gasteiger partial charge in [-0.25, -0.2) is 4.98 Å². The quantitative estimate of drug-likeness (QED) is 0.290. The Morgan fingerprint density at radius 1 is 1.31 bits per heavy atom. The summed E-state index contributed by atoms with van der Waals surface area (Å²) in [6.45, 7) is 5.49. The Bertz CT molecular complexity index is 874. The fourth-order valence-electron chi connectivity index (χ4n) is 2.95. The molecule has 7 nitrogen and oxygen atoms in total. The Hall–Kier alpha value is -1.90. The maximum atomic E-state index is 11.9. The summed E-state index contributed by atoms with van der Waals surface area (Å²) in [4.78, 5) is 25.2. The minimum atomic E-state index is -0.672. The number of hydrogen-bond acceptors (Lipinski definition) is 8. The van der Waals surface area contributed by atoms with Crippen molar-refractivity contribution < 1.29 is 14.3 Å². The molecule has 0 fully saturated rings. The number of carbonyl (C=O) groups is 1. The van der Waals surface area contributed by atoms with Gasteiger partial charge in [-0.05, 0) is 43.2 Å².